The van der Waals surface area contributed by atoms with Gasteiger partial charge in [0.15, 0.2) is 0 Å². The highest BCUT2D eigenvalue weighted by Gasteiger charge is 2.28. The summed E-state index contributed by atoms with van der Waals surface area (Å²) in [7, 11) is 3.23. The molecule has 1 aliphatic heterocycles. The zero-order valence-electron chi connectivity index (χ0n) is 18.4. The number of fused-ring (bicyclic) bond motifs is 1. The number of furan rings is 1. The Kier molecular flexibility index (Phi) is 5.97. The number of anilines is 1. The molecule has 0 unspecified atom stereocenters. The number of carbonyl (C=O) groups excluding carboxylic acids is 1. The van der Waals surface area contributed by atoms with Gasteiger partial charge in [0.25, 0.3) is 0 Å². The van der Waals surface area contributed by atoms with Gasteiger partial charge in [-0.15, -0.1) is 0 Å². The third-order valence-electron chi connectivity index (χ3n) is 5.98. The second kappa shape index (κ2) is 8.83. The summed E-state index contributed by atoms with van der Waals surface area (Å²) in [5.74, 6) is 3.02. The number of ether oxygens (including phenoxy) is 2. The fourth-order valence-electron chi connectivity index (χ4n) is 4.11. The highest BCUT2D eigenvalue weighted by atomic mass is 16.5. The quantitative estimate of drug-likeness (QED) is 0.649. The molecule has 0 saturated carbocycles. The van der Waals surface area contributed by atoms with Crippen molar-refractivity contribution in [2.45, 2.75) is 33.2 Å². The van der Waals surface area contributed by atoms with Crippen LogP contribution < -0.4 is 19.7 Å². The summed E-state index contributed by atoms with van der Waals surface area (Å²) in [5.41, 5.74) is 2.55. The third kappa shape index (κ3) is 4.15. The lowest BCUT2D eigenvalue weighted by Crippen LogP contribution is -2.43. The number of piperidine rings is 1. The van der Waals surface area contributed by atoms with Crippen LogP contribution in [0, 0.1) is 19.8 Å². The van der Waals surface area contributed by atoms with Crippen molar-refractivity contribution in [3.8, 4) is 11.5 Å². The Morgan fingerprint density at radius 3 is 2.87 bits per heavy atom. The molecule has 0 radical (unpaired) electrons. The molecular formula is C23H28N4O4. The van der Waals surface area contributed by atoms with E-state index in [4.69, 9.17) is 13.9 Å². The van der Waals surface area contributed by atoms with Gasteiger partial charge in [-0.25, -0.2) is 9.97 Å². The van der Waals surface area contributed by atoms with Crippen molar-refractivity contribution in [2.24, 2.45) is 5.92 Å². The average molecular weight is 425 g/mol. The van der Waals surface area contributed by atoms with Gasteiger partial charge in [-0.2, -0.15) is 0 Å². The normalized spacial score (nSPS) is 16.4. The molecule has 4 rings (SSSR count). The second-order valence-corrected chi connectivity index (χ2v) is 7.84. The molecule has 31 heavy (non-hydrogen) atoms. The lowest BCUT2D eigenvalue weighted by molar-refractivity contribution is -0.125. The van der Waals surface area contributed by atoms with Gasteiger partial charge in [-0.05, 0) is 38.8 Å². The van der Waals surface area contributed by atoms with E-state index in [0.717, 1.165) is 53.2 Å². The molecule has 2 aromatic heterocycles. The zero-order valence-corrected chi connectivity index (χ0v) is 18.4. The maximum Gasteiger partial charge on any atom is 0.231 e. The molecule has 1 aliphatic rings. The van der Waals surface area contributed by atoms with Gasteiger partial charge in [0, 0.05) is 36.8 Å². The number of amides is 1. The van der Waals surface area contributed by atoms with Gasteiger partial charge < -0.3 is 24.1 Å². The van der Waals surface area contributed by atoms with E-state index in [2.05, 4.69) is 20.2 Å². The van der Waals surface area contributed by atoms with Crippen molar-refractivity contribution < 1.29 is 18.7 Å². The molecule has 1 N–H and O–H groups in total. The van der Waals surface area contributed by atoms with Crippen LogP contribution in [0.2, 0.25) is 0 Å². The molecule has 1 fully saturated rings. The lowest BCUT2D eigenvalue weighted by Gasteiger charge is -2.33. The minimum atomic E-state index is -0.115. The van der Waals surface area contributed by atoms with E-state index in [1.807, 2.05) is 32.0 Å². The van der Waals surface area contributed by atoms with Crippen molar-refractivity contribution in [1.29, 1.82) is 0 Å². The number of methoxy groups -OCH3 is 2. The predicted molar refractivity (Wildman–Crippen MR) is 118 cm³/mol. The molecule has 1 aromatic carbocycles. The fourth-order valence-corrected chi connectivity index (χ4v) is 4.11. The summed E-state index contributed by atoms with van der Waals surface area (Å²) < 4.78 is 16.4. The first kappa shape index (κ1) is 21.0. The van der Waals surface area contributed by atoms with Gasteiger partial charge in [-0.1, -0.05) is 0 Å². The van der Waals surface area contributed by atoms with Crippen molar-refractivity contribution >= 4 is 22.8 Å². The Morgan fingerprint density at radius 2 is 2.10 bits per heavy atom. The van der Waals surface area contributed by atoms with Crippen LogP contribution in [0.4, 0.5) is 5.82 Å². The van der Waals surface area contributed by atoms with Crippen LogP contribution in [-0.4, -0.2) is 43.2 Å². The fraction of sp³-hybridized carbons (Fsp3) is 0.435. The Balaban J connectivity index is 1.46. The highest BCUT2D eigenvalue weighted by molar-refractivity contribution is 5.90. The molecule has 3 heterocycles. The molecule has 0 bridgehead atoms. The molecule has 1 amide bonds. The Labute approximate surface area is 181 Å². The Hall–Kier alpha value is -3.29. The summed E-state index contributed by atoms with van der Waals surface area (Å²) in [4.78, 5) is 23.9. The Morgan fingerprint density at radius 1 is 1.26 bits per heavy atom. The molecule has 1 saturated heterocycles. The van der Waals surface area contributed by atoms with Gasteiger partial charge in [-0.3, -0.25) is 4.79 Å². The van der Waals surface area contributed by atoms with E-state index in [9.17, 15) is 4.79 Å². The number of benzene rings is 1. The topological polar surface area (TPSA) is 89.7 Å². The van der Waals surface area contributed by atoms with E-state index in [-0.39, 0.29) is 11.8 Å². The summed E-state index contributed by atoms with van der Waals surface area (Å²) in [6.45, 7) is 5.82. The zero-order chi connectivity index (χ0) is 22.0. The molecular weight excluding hydrogens is 396 g/mol. The second-order valence-electron chi connectivity index (χ2n) is 7.84. The first-order valence-electron chi connectivity index (χ1n) is 10.5. The molecule has 8 heteroatoms. The van der Waals surface area contributed by atoms with E-state index in [1.54, 1.807) is 14.2 Å². The highest BCUT2D eigenvalue weighted by Crippen LogP contribution is 2.32. The van der Waals surface area contributed by atoms with Gasteiger partial charge in [0.05, 0.1) is 25.5 Å². The first-order chi connectivity index (χ1) is 15.0. The number of hydrogen-bond donors (Lipinski definition) is 1. The minimum Gasteiger partial charge on any atom is -0.497 e. The molecule has 3 aromatic rings. The van der Waals surface area contributed by atoms with Crippen LogP contribution in [0.25, 0.3) is 11.1 Å². The summed E-state index contributed by atoms with van der Waals surface area (Å²) in [6.07, 6.45) is 3.30. The van der Waals surface area contributed by atoms with Crippen LogP contribution in [-0.2, 0) is 11.3 Å². The van der Waals surface area contributed by atoms with Crippen molar-refractivity contribution in [3.63, 3.8) is 0 Å². The number of hydrogen-bond acceptors (Lipinski definition) is 7. The summed E-state index contributed by atoms with van der Waals surface area (Å²) >= 11 is 0. The van der Waals surface area contributed by atoms with Gasteiger partial charge >= 0.3 is 0 Å². The molecule has 1 atom stereocenters. The van der Waals surface area contributed by atoms with Crippen LogP contribution in [0.1, 0.15) is 29.7 Å². The van der Waals surface area contributed by atoms with Crippen LogP contribution in [0.15, 0.2) is 28.9 Å². The standard InChI is InChI=1S/C23H28N4O4/c1-14-15(2)31-23-20(14)21(25-13-26-23)27-9-5-6-17(12-27)22(28)24-11-16-7-8-18(29-3)10-19(16)30-4/h7-8,10,13,17H,5-6,9,11-12H2,1-4H3,(H,24,28)/t17-/m1/s1. The monoisotopic (exact) mass is 424 g/mol. The number of aryl methyl sites for hydroxylation is 2. The number of carbonyl (C=O) groups is 1. The number of nitrogens with zero attached hydrogens (tertiary/aromatic N) is 3. The van der Waals surface area contributed by atoms with Crippen molar-refractivity contribution in [3.05, 3.63) is 41.4 Å². The third-order valence-corrected chi connectivity index (χ3v) is 5.98. The molecule has 164 valence electrons. The van der Waals surface area contributed by atoms with E-state index in [1.165, 1.54) is 6.33 Å². The summed E-state index contributed by atoms with van der Waals surface area (Å²) in [5, 5.41) is 4.00. The number of nitrogens with one attached hydrogen (secondary N) is 1. The van der Waals surface area contributed by atoms with E-state index >= 15 is 0 Å². The van der Waals surface area contributed by atoms with E-state index < -0.39 is 0 Å². The van der Waals surface area contributed by atoms with Crippen LogP contribution >= 0.6 is 0 Å². The number of aromatic nitrogens is 2. The molecule has 8 nitrogen and oxygen atoms in total. The Bertz CT molecular complexity index is 1090. The molecule has 0 spiro atoms. The maximum absolute atomic E-state index is 13.0. The first-order valence-corrected chi connectivity index (χ1v) is 10.5. The van der Waals surface area contributed by atoms with Crippen molar-refractivity contribution in [1.82, 2.24) is 15.3 Å². The van der Waals surface area contributed by atoms with Crippen LogP contribution in [0.5, 0.6) is 11.5 Å². The SMILES string of the molecule is COc1ccc(CNC(=O)[C@@H]2CCCN(c3ncnc4oc(C)c(C)c34)C2)c(OC)c1. The smallest absolute Gasteiger partial charge is 0.231 e. The van der Waals surface area contributed by atoms with Gasteiger partial charge in [0.1, 0.15) is 29.4 Å². The molecule has 0 aliphatic carbocycles. The number of rotatable bonds is 6. The predicted octanol–water partition coefficient (Wildman–Crippen LogP) is 3.39. The van der Waals surface area contributed by atoms with Crippen LogP contribution in [0.3, 0.4) is 0 Å². The summed E-state index contributed by atoms with van der Waals surface area (Å²) in [6, 6.07) is 5.59. The van der Waals surface area contributed by atoms with Gasteiger partial charge in [0.2, 0.25) is 11.6 Å². The maximum atomic E-state index is 13.0. The lowest BCUT2D eigenvalue weighted by atomic mass is 9.96. The van der Waals surface area contributed by atoms with E-state index in [0.29, 0.717) is 24.6 Å². The average Bonchev–Trinajstić information content (AvgIpc) is 3.10. The van der Waals surface area contributed by atoms with Crippen molar-refractivity contribution in [2.75, 3.05) is 32.2 Å². The largest absolute Gasteiger partial charge is 0.497 e. The minimum absolute atomic E-state index is 0.0352.